The Hall–Kier alpha value is -0.794. The molecule has 18 heavy (non-hydrogen) atoms. The minimum absolute atomic E-state index is 0.0234. The first-order valence-corrected chi connectivity index (χ1v) is 11.4. The zero-order valence-electron chi connectivity index (χ0n) is 11.1. The summed E-state index contributed by atoms with van der Waals surface area (Å²) in [7, 11) is -1.59. The zero-order valence-corrected chi connectivity index (χ0v) is 13.8. The van der Waals surface area contributed by atoms with Gasteiger partial charge in [-0.25, -0.2) is 0 Å². The zero-order chi connectivity index (χ0) is 13.4. The molecule has 1 atom stereocenters. The SMILES string of the molecule is C[Si](C)(C)OC(COc1ccccc1)C[Se]C#N. The molecule has 3 nitrogen and oxygen atoms in total. The third-order valence-electron chi connectivity index (χ3n) is 2.03. The van der Waals surface area contributed by atoms with Crippen LogP contribution in [0.15, 0.2) is 30.3 Å². The molecular weight excluding hydrogens is 309 g/mol. The van der Waals surface area contributed by atoms with Gasteiger partial charge in [0.1, 0.15) is 0 Å². The number of nitrogens with zero attached hydrogens (tertiary/aromatic N) is 1. The summed E-state index contributed by atoms with van der Waals surface area (Å²) in [5, 5.41) is 9.48. The summed E-state index contributed by atoms with van der Waals surface area (Å²) < 4.78 is 11.7. The summed E-state index contributed by atoms with van der Waals surface area (Å²) >= 11 is -0.0234. The number of nitriles is 1. The number of hydrogen-bond donors (Lipinski definition) is 0. The molecule has 0 saturated heterocycles. The van der Waals surface area contributed by atoms with Crippen molar-refractivity contribution in [1.82, 2.24) is 0 Å². The molecule has 0 aliphatic carbocycles. The van der Waals surface area contributed by atoms with Crippen LogP contribution in [0.5, 0.6) is 5.75 Å². The van der Waals surface area contributed by atoms with Crippen molar-refractivity contribution in [1.29, 1.82) is 5.26 Å². The van der Waals surface area contributed by atoms with E-state index in [2.05, 4.69) is 24.6 Å². The van der Waals surface area contributed by atoms with Crippen LogP contribution in [0.1, 0.15) is 0 Å². The normalized spacial score (nSPS) is 12.8. The molecule has 1 aromatic rings. The molecule has 1 rings (SSSR count). The quantitative estimate of drug-likeness (QED) is 0.723. The minimum atomic E-state index is -1.59. The number of ether oxygens (including phenoxy) is 1. The van der Waals surface area contributed by atoms with Crippen LogP contribution in [0.2, 0.25) is 25.0 Å². The van der Waals surface area contributed by atoms with Crippen LogP contribution in [-0.4, -0.2) is 36.0 Å². The number of rotatable bonds is 7. The fourth-order valence-corrected chi connectivity index (χ4v) is 3.76. The Morgan fingerprint density at radius 2 is 1.94 bits per heavy atom. The van der Waals surface area contributed by atoms with Crippen molar-refractivity contribution in [3.63, 3.8) is 0 Å². The predicted octanol–water partition coefficient (Wildman–Crippen LogP) is 2.89. The molecule has 0 aliphatic rings. The Bertz CT molecular complexity index is 386. The summed E-state index contributed by atoms with van der Waals surface area (Å²) in [5.41, 5.74) is 0. The van der Waals surface area contributed by atoms with Gasteiger partial charge in [-0.2, -0.15) is 0 Å². The first-order chi connectivity index (χ1) is 8.51. The van der Waals surface area contributed by atoms with Crippen molar-refractivity contribution in [2.45, 2.75) is 31.1 Å². The Labute approximate surface area is 116 Å². The van der Waals surface area contributed by atoms with Crippen molar-refractivity contribution >= 4 is 23.3 Å². The second-order valence-corrected chi connectivity index (χ2v) is 11.0. The number of hydrogen-bond acceptors (Lipinski definition) is 3. The van der Waals surface area contributed by atoms with E-state index in [1.807, 2.05) is 30.3 Å². The molecule has 98 valence electrons. The fraction of sp³-hybridized carbons (Fsp3) is 0.462. The monoisotopic (exact) mass is 329 g/mol. The van der Waals surface area contributed by atoms with Crippen LogP contribution in [0.25, 0.3) is 0 Å². The average Bonchev–Trinajstić information content (AvgIpc) is 2.32. The van der Waals surface area contributed by atoms with Gasteiger partial charge in [0.15, 0.2) is 0 Å². The van der Waals surface area contributed by atoms with Crippen molar-refractivity contribution in [3.8, 4) is 10.7 Å². The van der Waals surface area contributed by atoms with E-state index in [1.54, 1.807) is 0 Å². The molecular formula is C13H19NO2SeSi. The molecule has 0 fully saturated rings. The molecule has 5 heteroatoms. The second-order valence-electron chi connectivity index (χ2n) is 4.88. The van der Waals surface area contributed by atoms with Crippen LogP contribution in [0, 0.1) is 10.2 Å². The van der Waals surface area contributed by atoms with Gasteiger partial charge in [0, 0.05) is 0 Å². The third-order valence-corrected chi connectivity index (χ3v) is 4.47. The molecule has 0 amide bonds. The van der Waals surface area contributed by atoms with E-state index in [4.69, 9.17) is 14.4 Å². The fourth-order valence-electron chi connectivity index (χ4n) is 1.45. The molecule has 1 unspecified atom stereocenters. The molecule has 0 N–H and O–H groups in total. The van der Waals surface area contributed by atoms with Crippen molar-refractivity contribution in [3.05, 3.63) is 30.3 Å². The summed E-state index contributed by atoms with van der Waals surface area (Å²) in [6, 6.07) is 9.72. The van der Waals surface area contributed by atoms with E-state index < -0.39 is 8.32 Å². The van der Waals surface area contributed by atoms with Crippen LogP contribution >= 0.6 is 0 Å². The van der Waals surface area contributed by atoms with E-state index >= 15 is 0 Å². The standard InChI is InChI=1S/C13H19NO2SeSi/c1-18(2,3)16-13(10-17-11-14)9-15-12-7-5-4-6-8-12/h4-8,13H,9-10H2,1-3H3. The topological polar surface area (TPSA) is 42.2 Å². The summed E-state index contributed by atoms with van der Waals surface area (Å²) in [4.78, 5) is 2.22. The van der Waals surface area contributed by atoms with Crippen LogP contribution in [0.4, 0.5) is 0 Å². The second kappa shape index (κ2) is 7.60. The number of para-hydroxylation sites is 1. The van der Waals surface area contributed by atoms with E-state index in [9.17, 15) is 0 Å². The third kappa shape index (κ3) is 6.82. The van der Waals surface area contributed by atoms with Crippen molar-refractivity contribution in [2.24, 2.45) is 0 Å². The van der Waals surface area contributed by atoms with Gasteiger partial charge in [0.2, 0.25) is 0 Å². The summed E-state index contributed by atoms with van der Waals surface area (Å²) in [5.74, 6) is 0.853. The van der Waals surface area contributed by atoms with Crippen LogP contribution < -0.4 is 4.74 Å². The molecule has 0 radical (unpaired) electrons. The van der Waals surface area contributed by atoms with Crippen LogP contribution in [0.3, 0.4) is 0 Å². The molecule has 0 saturated carbocycles. The molecule has 0 bridgehead atoms. The Kier molecular flexibility index (Phi) is 6.44. The summed E-state index contributed by atoms with van der Waals surface area (Å²) in [6.45, 7) is 6.99. The number of benzene rings is 1. The molecule has 0 spiro atoms. The first kappa shape index (κ1) is 15.3. The van der Waals surface area contributed by atoms with Gasteiger partial charge in [0.05, 0.1) is 0 Å². The van der Waals surface area contributed by atoms with Gasteiger partial charge in [0.25, 0.3) is 0 Å². The molecule has 0 heterocycles. The van der Waals surface area contributed by atoms with Crippen molar-refractivity contribution < 1.29 is 9.16 Å². The van der Waals surface area contributed by atoms with E-state index in [-0.39, 0.29) is 21.1 Å². The molecule has 0 aromatic heterocycles. The van der Waals surface area contributed by atoms with E-state index in [1.165, 1.54) is 0 Å². The van der Waals surface area contributed by atoms with E-state index in [0.29, 0.717) is 6.61 Å². The van der Waals surface area contributed by atoms with Gasteiger partial charge in [-0.15, -0.1) is 0 Å². The van der Waals surface area contributed by atoms with E-state index in [0.717, 1.165) is 11.1 Å². The maximum absolute atomic E-state index is 8.69. The Balaban J connectivity index is 2.48. The summed E-state index contributed by atoms with van der Waals surface area (Å²) in [6.07, 6.45) is 0.0384. The molecule has 0 aliphatic heterocycles. The maximum atomic E-state index is 8.69. The predicted molar refractivity (Wildman–Crippen MR) is 76.3 cm³/mol. The van der Waals surface area contributed by atoms with Gasteiger partial charge >= 0.3 is 116 Å². The van der Waals surface area contributed by atoms with Gasteiger partial charge in [-0.05, 0) is 0 Å². The van der Waals surface area contributed by atoms with Crippen LogP contribution in [-0.2, 0) is 4.43 Å². The molecule has 1 aromatic carbocycles. The average molecular weight is 328 g/mol. The van der Waals surface area contributed by atoms with Gasteiger partial charge in [-0.1, -0.05) is 0 Å². The van der Waals surface area contributed by atoms with Gasteiger partial charge < -0.3 is 0 Å². The first-order valence-electron chi connectivity index (χ1n) is 5.88. The Morgan fingerprint density at radius 3 is 2.50 bits per heavy atom. The van der Waals surface area contributed by atoms with Crippen molar-refractivity contribution in [2.75, 3.05) is 6.61 Å². The Morgan fingerprint density at radius 1 is 1.28 bits per heavy atom. The van der Waals surface area contributed by atoms with Gasteiger partial charge in [-0.3, -0.25) is 0 Å².